The predicted molar refractivity (Wildman–Crippen MR) is 240 cm³/mol. The minimum Gasteiger partial charge on any atom is -0.423 e. The van der Waals surface area contributed by atoms with Crippen LogP contribution in [0.25, 0.3) is 75.8 Å². The number of hydrogen-bond donors (Lipinski definition) is 2. The molecule has 0 fully saturated rings. The van der Waals surface area contributed by atoms with Gasteiger partial charge in [-0.05, 0) is 137 Å². The summed E-state index contributed by atoms with van der Waals surface area (Å²) in [5.74, 6) is 0. The second-order valence-electron chi connectivity index (χ2n) is 13.5. The lowest BCUT2D eigenvalue weighted by atomic mass is 9.76. The van der Waals surface area contributed by atoms with Crippen molar-refractivity contribution >= 4 is 109 Å². The maximum atomic E-state index is 9.52. The molecule has 0 aliphatic heterocycles. The lowest BCUT2D eigenvalue weighted by molar-refractivity contribution is 0.426. The Morgan fingerprint density at radius 1 is 0.370 bits per heavy atom. The molecule has 0 aliphatic carbocycles. The number of halogens is 2. The van der Waals surface area contributed by atoms with Crippen LogP contribution in [0, 0.1) is 6.92 Å². The number of rotatable bonds is 2. The molecule has 0 aromatic heterocycles. The summed E-state index contributed by atoms with van der Waals surface area (Å²) in [5, 5.41) is 33.4. The van der Waals surface area contributed by atoms with Gasteiger partial charge in [-0.15, -0.1) is 0 Å². The Hall–Kier alpha value is -5.30. The van der Waals surface area contributed by atoms with E-state index in [0.717, 1.165) is 30.5 Å². The van der Waals surface area contributed by atoms with Crippen LogP contribution in [0.5, 0.6) is 0 Å². The third-order valence-electron chi connectivity index (χ3n) is 9.92. The molecule has 0 bridgehead atoms. The van der Waals surface area contributed by atoms with E-state index in [9.17, 15) is 10.0 Å². The van der Waals surface area contributed by atoms with E-state index >= 15 is 0 Å². The molecule has 0 amide bonds. The van der Waals surface area contributed by atoms with Crippen molar-refractivity contribution in [2.24, 2.45) is 0 Å². The van der Waals surface area contributed by atoms with Gasteiger partial charge in [0.1, 0.15) is 0 Å². The van der Waals surface area contributed by atoms with Crippen LogP contribution < -0.4 is 5.46 Å². The van der Waals surface area contributed by atoms with Gasteiger partial charge in [0, 0.05) is 8.95 Å². The van der Waals surface area contributed by atoms with Crippen molar-refractivity contribution in [3.05, 3.63) is 196 Å². The van der Waals surface area contributed by atoms with Gasteiger partial charge < -0.3 is 10.0 Å². The Kier molecular flexibility index (Phi) is 10.3. The van der Waals surface area contributed by atoms with Gasteiger partial charge >= 0.3 is 7.12 Å². The largest absolute Gasteiger partial charge is 0.489 e. The molecule has 0 aliphatic rings. The zero-order valence-electron chi connectivity index (χ0n) is 29.5. The summed E-state index contributed by atoms with van der Waals surface area (Å²) in [7, 11) is -1.45. The summed E-state index contributed by atoms with van der Waals surface area (Å²) in [6.45, 7) is 2.07. The van der Waals surface area contributed by atoms with Crippen LogP contribution in [0.4, 0.5) is 0 Å². The molecule has 0 saturated carbocycles. The third kappa shape index (κ3) is 7.42. The summed E-state index contributed by atoms with van der Waals surface area (Å²) in [6.07, 6.45) is 0. The maximum Gasteiger partial charge on any atom is 0.489 e. The zero-order chi connectivity index (χ0) is 37.2. The molecule has 5 heteroatoms. The van der Waals surface area contributed by atoms with Crippen molar-refractivity contribution < 1.29 is 10.0 Å². The molecule has 0 radical (unpaired) electrons. The van der Waals surface area contributed by atoms with E-state index in [1.807, 2.05) is 48.5 Å². The first kappa shape index (κ1) is 35.7. The average molecular weight is 826 g/mol. The summed E-state index contributed by atoms with van der Waals surface area (Å²) < 4.78 is 2.26. The maximum absolute atomic E-state index is 9.52. The molecular formula is C49H35BBr2O2. The molecule has 2 N–H and O–H groups in total. The predicted octanol–water partition coefficient (Wildman–Crippen LogP) is 13.2. The smallest absolute Gasteiger partial charge is 0.423 e. The SMILES string of the molecule is Brc1cccc(-c2cccc3c2ccc2cc4ccccc4cc23)c1.Cc1cccc(Br)c1.OB(O)c1cccc2c1ccc1cc3ccccc3cc12. The second-order valence-corrected chi connectivity index (χ2v) is 15.3. The van der Waals surface area contributed by atoms with Crippen LogP contribution >= 0.6 is 31.9 Å². The van der Waals surface area contributed by atoms with Crippen molar-refractivity contribution in [1.82, 2.24) is 0 Å². The third-order valence-corrected chi connectivity index (χ3v) is 10.9. The highest BCUT2D eigenvalue weighted by Gasteiger charge is 2.15. The van der Waals surface area contributed by atoms with Crippen LogP contribution in [0.1, 0.15) is 5.56 Å². The van der Waals surface area contributed by atoms with Gasteiger partial charge in [-0.25, -0.2) is 0 Å². The minimum atomic E-state index is -1.45. The monoisotopic (exact) mass is 824 g/mol. The van der Waals surface area contributed by atoms with E-state index in [2.05, 4.69) is 166 Å². The Labute approximate surface area is 331 Å². The van der Waals surface area contributed by atoms with Gasteiger partial charge in [-0.1, -0.05) is 171 Å². The number of aryl methyl sites for hydroxylation is 1. The quantitative estimate of drug-likeness (QED) is 0.104. The van der Waals surface area contributed by atoms with E-state index in [4.69, 9.17) is 0 Å². The first-order valence-corrected chi connectivity index (χ1v) is 19.4. The Morgan fingerprint density at radius 2 is 0.870 bits per heavy atom. The van der Waals surface area contributed by atoms with Gasteiger partial charge in [-0.2, -0.15) is 0 Å². The highest BCUT2D eigenvalue weighted by molar-refractivity contribution is 9.10. The average Bonchev–Trinajstić information content (AvgIpc) is 3.19. The van der Waals surface area contributed by atoms with Gasteiger partial charge in [0.15, 0.2) is 0 Å². The van der Waals surface area contributed by atoms with E-state index in [-0.39, 0.29) is 0 Å². The van der Waals surface area contributed by atoms with Crippen LogP contribution in [-0.2, 0) is 0 Å². The molecule has 10 rings (SSSR count). The molecule has 0 saturated heterocycles. The number of benzene rings is 10. The highest BCUT2D eigenvalue weighted by atomic mass is 79.9. The summed E-state index contributed by atoms with van der Waals surface area (Å²) >= 11 is 6.95. The molecule has 10 aromatic carbocycles. The molecule has 54 heavy (non-hydrogen) atoms. The summed E-state index contributed by atoms with van der Waals surface area (Å²) in [5.41, 5.74) is 4.34. The molecule has 2 nitrogen and oxygen atoms in total. The van der Waals surface area contributed by atoms with E-state index in [1.54, 1.807) is 6.07 Å². The zero-order valence-corrected chi connectivity index (χ0v) is 32.7. The van der Waals surface area contributed by atoms with E-state index in [0.29, 0.717) is 5.46 Å². The fraction of sp³-hybridized carbons (Fsp3) is 0.0204. The van der Waals surface area contributed by atoms with Gasteiger partial charge in [0.05, 0.1) is 0 Å². The second kappa shape index (κ2) is 15.6. The van der Waals surface area contributed by atoms with E-state index < -0.39 is 7.12 Å². The van der Waals surface area contributed by atoms with Crippen molar-refractivity contribution in [3.63, 3.8) is 0 Å². The molecule has 0 spiro atoms. The van der Waals surface area contributed by atoms with Crippen LogP contribution in [0.15, 0.2) is 191 Å². The first-order chi connectivity index (χ1) is 26.3. The van der Waals surface area contributed by atoms with Crippen molar-refractivity contribution in [3.8, 4) is 11.1 Å². The van der Waals surface area contributed by atoms with Crippen LogP contribution in [0.3, 0.4) is 0 Å². The van der Waals surface area contributed by atoms with Crippen molar-refractivity contribution in [1.29, 1.82) is 0 Å². The summed E-state index contributed by atoms with van der Waals surface area (Å²) in [6, 6.07) is 63.2. The normalized spacial score (nSPS) is 11.1. The Morgan fingerprint density at radius 3 is 1.41 bits per heavy atom. The first-order valence-electron chi connectivity index (χ1n) is 17.8. The minimum absolute atomic E-state index is 0.544. The van der Waals surface area contributed by atoms with Gasteiger partial charge in [0.25, 0.3) is 0 Å². The number of hydrogen-bond acceptors (Lipinski definition) is 2. The fourth-order valence-corrected chi connectivity index (χ4v) is 8.24. The molecule has 0 heterocycles. The van der Waals surface area contributed by atoms with Crippen LogP contribution in [-0.4, -0.2) is 17.2 Å². The van der Waals surface area contributed by atoms with Crippen LogP contribution in [0.2, 0.25) is 0 Å². The molecule has 0 atom stereocenters. The van der Waals surface area contributed by atoms with Gasteiger partial charge in [0.2, 0.25) is 0 Å². The van der Waals surface area contributed by atoms with E-state index in [1.165, 1.54) is 59.8 Å². The lowest BCUT2D eigenvalue weighted by Gasteiger charge is -2.11. The summed E-state index contributed by atoms with van der Waals surface area (Å²) in [4.78, 5) is 0. The molecule has 10 aromatic rings. The Balaban J connectivity index is 0.000000129. The fourth-order valence-electron chi connectivity index (χ4n) is 7.33. The number of fused-ring (bicyclic) bond motifs is 8. The highest BCUT2D eigenvalue weighted by Crippen LogP contribution is 2.36. The van der Waals surface area contributed by atoms with Gasteiger partial charge in [-0.3, -0.25) is 0 Å². The molecular weight excluding hydrogens is 791 g/mol. The Bertz CT molecular complexity index is 2960. The molecule has 0 unspecified atom stereocenters. The topological polar surface area (TPSA) is 40.5 Å². The van der Waals surface area contributed by atoms with Crippen molar-refractivity contribution in [2.45, 2.75) is 6.92 Å². The molecule has 260 valence electrons. The van der Waals surface area contributed by atoms with Crippen molar-refractivity contribution in [2.75, 3.05) is 0 Å². The lowest BCUT2D eigenvalue weighted by Crippen LogP contribution is -2.30. The standard InChI is InChI=1S/C24H15Br.C18H13BO2.C7H7Br/c25-20-8-3-7-18(14-20)21-9-4-10-22-23(21)12-11-19-13-16-5-1-2-6-17(16)15-24(19)22;20-19(21)18-7-3-6-15-16(18)9-8-14-10-12-4-1-2-5-13(12)11-17(14)15;1-6-3-2-4-7(8)5-6/h1-15H;1-11,20-21H;2-5H,1H3.